The zero-order valence-corrected chi connectivity index (χ0v) is 14.2. The Morgan fingerprint density at radius 3 is 2.21 bits per heavy atom. The van der Waals surface area contributed by atoms with E-state index in [-0.39, 0.29) is 12.4 Å². The van der Waals surface area contributed by atoms with Crippen molar-refractivity contribution in [3.05, 3.63) is 27.8 Å². The predicted molar refractivity (Wildman–Crippen MR) is 89.2 cm³/mol. The molecule has 0 fully saturated rings. The number of benzene rings is 1. The number of halogens is 2. The monoisotopic (exact) mass is 304 g/mol. The van der Waals surface area contributed by atoms with Gasteiger partial charge in [0.15, 0.2) is 0 Å². The van der Waals surface area contributed by atoms with Crippen molar-refractivity contribution in [2.75, 3.05) is 31.5 Å². The fraction of sp³-hybridized carbons (Fsp3) is 0.600. The summed E-state index contributed by atoms with van der Waals surface area (Å²) < 4.78 is 0. The number of rotatable bonds is 6. The minimum absolute atomic E-state index is 0. The van der Waals surface area contributed by atoms with Crippen LogP contribution in [0.1, 0.15) is 30.5 Å². The van der Waals surface area contributed by atoms with Gasteiger partial charge in [0.25, 0.3) is 0 Å². The van der Waals surface area contributed by atoms with Crippen LogP contribution in [0.15, 0.2) is 6.07 Å². The number of anilines is 1. The Bertz CT molecular complexity index is 402. The molecule has 0 aliphatic heterocycles. The Kier molecular flexibility index (Phi) is 8.47. The molecular weight excluding hydrogens is 279 g/mol. The van der Waals surface area contributed by atoms with Gasteiger partial charge in [-0.1, -0.05) is 31.5 Å². The third kappa shape index (κ3) is 4.87. The molecule has 0 bridgehead atoms. The summed E-state index contributed by atoms with van der Waals surface area (Å²) in [6.45, 7) is 14.9. The molecule has 4 heteroatoms. The van der Waals surface area contributed by atoms with Gasteiger partial charge in [-0.15, -0.1) is 12.4 Å². The molecule has 0 radical (unpaired) electrons. The average Bonchev–Trinajstić information content (AvgIpc) is 2.35. The standard InChI is InChI=1S/C15H25ClN2.ClH/c1-6-18(7-2)9-8-17-15-12(4)10-11(3)14(16)13(15)5;/h10,17H,6-9H2,1-5H3;1H. The van der Waals surface area contributed by atoms with Gasteiger partial charge in [0.2, 0.25) is 0 Å². The SMILES string of the molecule is CCN(CC)CCNc1c(C)cc(C)c(Cl)c1C.Cl. The van der Waals surface area contributed by atoms with Crippen molar-refractivity contribution < 1.29 is 0 Å². The number of hydrogen-bond acceptors (Lipinski definition) is 2. The van der Waals surface area contributed by atoms with Gasteiger partial charge in [-0.05, 0) is 50.6 Å². The molecule has 0 aromatic heterocycles. The quantitative estimate of drug-likeness (QED) is 0.836. The Balaban J connectivity index is 0.00000324. The molecule has 2 nitrogen and oxygen atoms in total. The van der Waals surface area contributed by atoms with E-state index in [0.717, 1.165) is 42.3 Å². The van der Waals surface area contributed by atoms with E-state index in [9.17, 15) is 0 Å². The molecule has 0 saturated heterocycles. The van der Waals surface area contributed by atoms with Crippen LogP contribution in [-0.2, 0) is 0 Å². The van der Waals surface area contributed by atoms with Crippen LogP contribution in [0.25, 0.3) is 0 Å². The molecule has 0 heterocycles. The van der Waals surface area contributed by atoms with Crippen molar-refractivity contribution in [1.82, 2.24) is 4.90 Å². The topological polar surface area (TPSA) is 15.3 Å². The van der Waals surface area contributed by atoms with Crippen LogP contribution < -0.4 is 5.32 Å². The lowest BCUT2D eigenvalue weighted by Crippen LogP contribution is -2.28. The number of likely N-dealkylation sites (N-methyl/N-ethyl adjacent to an activating group) is 1. The fourth-order valence-corrected chi connectivity index (χ4v) is 2.46. The highest BCUT2D eigenvalue weighted by Crippen LogP contribution is 2.30. The third-order valence-electron chi connectivity index (χ3n) is 3.50. The van der Waals surface area contributed by atoms with Gasteiger partial charge in [-0.2, -0.15) is 0 Å². The molecule has 0 unspecified atom stereocenters. The van der Waals surface area contributed by atoms with Gasteiger partial charge in [0.1, 0.15) is 0 Å². The number of aryl methyl sites for hydroxylation is 2. The molecular formula is C15H26Cl2N2. The van der Waals surface area contributed by atoms with Gasteiger partial charge in [-0.25, -0.2) is 0 Å². The van der Waals surface area contributed by atoms with Crippen molar-refractivity contribution in [2.24, 2.45) is 0 Å². The molecule has 1 N–H and O–H groups in total. The van der Waals surface area contributed by atoms with Crippen LogP contribution in [-0.4, -0.2) is 31.1 Å². The molecule has 110 valence electrons. The normalized spacial score (nSPS) is 10.5. The van der Waals surface area contributed by atoms with Gasteiger partial charge >= 0.3 is 0 Å². The average molecular weight is 305 g/mol. The lowest BCUT2D eigenvalue weighted by atomic mass is 10.0. The van der Waals surface area contributed by atoms with Crippen LogP contribution in [0.4, 0.5) is 5.69 Å². The second kappa shape index (κ2) is 8.68. The van der Waals surface area contributed by atoms with Gasteiger partial charge in [0, 0.05) is 23.8 Å². The Labute approximate surface area is 128 Å². The minimum atomic E-state index is 0. The predicted octanol–water partition coefficient (Wildman–Crippen LogP) is 4.44. The maximum Gasteiger partial charge on any atom is 0.0485 e. The van der Waals surface area contributed by atoms with E-state index in [4.69, 9.17) is 11.6 Å². The molecule has 0 saturated carbocycles. The number of hydrogen-bond donors (Lipinski definition) is 1. The molecule has 0 atom stereocenters. The summed E-state index contributed by atoms with van der Waals surface area (Å²) in [6.07, 6.45) is 0. The van der Waals surface area contributed by atoms with Gasteiger partial charge in [0.05, 0.1) is 0 Å². The van der Waals surface area contributed by atoms with Crippen LogP contribution in [0.3, 0.4) is 0 Å². The lowest BCUT2D eigenvalue weighted by Gasteiger charge is -2.20. The van der Waals surface area contributed by atoms with E-state index in [1.165, 1.54) is 11.3 Å². The summed E-state index contributed by atoms with van der Waals surface area (Å²) >= 11 is 6.30. The molecule has 0 aliphatic carbocycles. The van der Waals surface area contributed by atoms with E-state index in [0.29, 0.717) is 0 Å². The van der Waals surface area contributed by atoms with E-state index in [2.05, 4.69) is 50.9 Å². The van der Waals surface area contributed by atoms with Crippen LogP contribution in [0.2, 0.25) is 5.02 Å². The summed E-state index contributed by atoms with van der Waals surface area (Å²) in [6, 6.07) is 2.15. The smallest absolute Gasteiger partial charge is 0.0485 e. The third-order valence-corrected chi connectivity index (χ3v) is 4.08. The van der Waals surface area contributed by atoms with Crippen molar-refractivity contribution in [3.8, 4) is 0 Å². The lowest BCUT2D eigenvalue weighted by molar-refractivity contribution is 0.316. The first-order valence-corrected chi connectivity index (χ1v) is 7.11. The second-order valence-corrected chi connectivity index (χ2v) is 5.16. The maximum atomic E-state index is 6.30. The fourth-order valence-electron chi connectivity index (χ4n) is 2.31. The van der Waals surface area contributed by atoms with Crippen LogP contribution in [0.5, 0.6) is 0 Å². The highest BCUT2D eigenvalue weighted by molar-refractivity contribution is 6.32. The summed E-state index contributed by atoms with van der Waals surface area (Å²) in [7, 11) is 0. The summed E-state index contributed by atoms with van der Waals surface area (Å²) in [5, 5.41) is 4.40. The molecule has 19 heavy (non-hydrogen) atoms. The zero-order chi connectivity index (χ0) is 13.7. The molecule has 0 amide bonds. The molecule has 1 rings (SSSR count). The Hall–Kier alpha value is -0.440. The van der Waals surface area contributed by atoms with E-state index < -0.39 is 0 Å². The minimum Gasteiger partial charge on any atom is -0.383 e. The zero-order valence-electron chi connectivity index (χ0n) is 12.6. The van der Waals surface area contributed by atoms with Crippen molar-refractivity contribution in [2.45, 2.75) is 34.6 Å². The molecule has 0 spiro atoms. The second-order valence-electron chi connectivity index (χ2n) is 4.78. The molecule has 1 aromatic carbocycles. The summed E-state index contributed by atoms with van der Waals surface area (Å²) in [5.74, 6) is 0. The van der Waals surface area contributed by atoms with Crippen molar-refractivity contribution >= 4 is 29.7 Å². The van der Waals surface area contributed by atoms with E-state index >= 15 is 0 Å². The van der Waals surface area contributed by atoms with Gasteiger partial charge in [-0.3, -0.25) is 0 Å². The van der Waals surface area contributed by atoms with Crippen molar-refractivity contribution in [3.63, 3.8) is 0 Å². The van der Waals surface area contributed by atoms with E-state index in [1.54, 1.807) is 0 Å². The van der Waals surface area contributed by atoms with E-state index in [1.807, 2.05) is 0 Å². The van der Waals surface area contributed by atoms with Crippen molar-refractivity contribution in [1.29, 1.82) is 0 Å². The first-order chi connectivity index (χ1) is 8.51. The van der Waals surface area contributed by atoms with Crippen LogP contribution >= 0.6 is 24.0 Å². The molecule has 1 aromatic rings. The maximum absolute atomic E-state index is 6.30. The Morgan fingerprint density at radius 1 is 1.11 bits per heavy atom. The largest absolute Gasteiger partial charge is 0.383 e. The number of nitrogens with one attached hydrogen (secondary N) is 1. The first kappa shape index (κ1) is 18.6. The Morgan fingerprint density at radius 2 is 1.68 bits per heavy atom. The summed E-state index contributed by atoms with van der Waals surface area (Å²) in [4.78, 5) is 2.41. The van der Waals surface area contributed by atoms with Gasteiger partial charge < -0.3 is 10.2 Å². The first-order valence-electron chi connectivity index (χ1n) is 6.73. The molecule has 0 aliphatic rings. The highest BCUT2D eigenvalue weighted by Gasteiger charge is 2.09. The highest BCUT2D eigenvalue weighted by atomic mass is 35.5. The number of nitrogens with zero attached hydrogens (tertiary/aromatic N) is 1. The summed E-state index contributed by atoms with van der Waals surface area (Å²) in [5.41, 5.74) is 4.78. The van der Waals surface area contributed by atoms with Crippen LogP contribution in [0, 0.1) is 20.8 Å².